The number of methoxy groups -OCH3 is 1. The summed E-state index contributed by atoms with van der Waals surface area (Å²) in [5, 5.41) is 0. The van der Waals surface area contributed by atoms with E-state index in [-0.39, 0.29) is 5.56 Å². The summed E-state index contributed by atoms with van der Waals surface area (Å²) in [6, 6.07) is 5.70. The quantitative estimate of drug-likeness (QED) is 0.717. The van der Waals surface area contributed by atoms with Gasteiger partial charge in [-0.15, -0.1) is 0 Å². The van der Waals surface area contributed by atoms with Crippen molar-refractivity contribution < 1.29 is 4.74 Å². The molecule has 0 aliphatic heterocycles. The van der Waals surface area contributed by atoms with Crippen LogP contribution in [-0.4, -0.2) is 16.7 Å². The van der Waals surface area contributed by atoms with Gasteiger partial charge in [-0.1, -0.05) is 15.9 Å². The van der Waals surface area contributed by atoms with Gasteiger partial charge in [-0.2, -0.15) is 0 Å². The maximum atomic E-state index is 11.9. The summed E-state index contributed by atoms with van der Waals surface area (Å²) in [7, 11) is 1.61. The van der Waals surface area contributed by atoms with Gasteiger partial charge in [0, 0.05) is 16.2 Å². The Morgan fingerprint density at radius 1 is 1.50 bits per heavy atom. The smallest absolute Gasteiger partial charge is 0.267 e. The van der Waals surface area contributed by atoms with Crippen molar-refractivity contribution in [3.63, 3.8) is 0 Å². The summed E-state index contributed by atoms with van der Waals surface area (Å²) in [6.45, 7) is 0.436. The Bertz CT molecular complexity index is 628. The number of benzene rings is 1. The van der Waals surface area contributed by atoms with Crippen LogP contribution in [0.3, 0.4) is 0 Å². The van der Waals surface area contributed by atoms with E-state index in [9.17, 15) is 4.79 Å². The predicted molar refractivity (Wildman–Crippen MR) is 81.0 cm³/mol. The van der Waals surface area contributed by atoms with Gasteiger partial charge in [-0.05, 0) is 40.8 Å². The van der Waals surface area contributed by atoms with Crippen molar-refractivity contribution >= 4 is 38.5 Å². The van der Waals surface area contributed by atoms with E-state index in [0.717, 1.165) is 15.8 Å². The van der Waals surface area contributed by atoms with Crippen LogP contribution in [-0.2, 0) is 6.54 Å². The van der Waals surface area contributed by atoms with Gasteiger partial charge in [-0.25, -0.2) is 4.98 Å². The van der Waals surface area contributed by atoms with E-state index in [0.29, 0.717) is 10.1 Å². The summed E-state index contributed by atoms with van der Waals surface area (Å²) in [4.78, 5) is 15.9. The molecular formula is C12H10BrIN2O2. The predicted octanol–water partition coefficient (Wildman–Crippen LogP) is 2.67. The topological polar surface area (TPSA) is 44.1 Å². The highest BCUT2D eigenvalue weighted by Crippen LogP contribution is 2.23. The molecule has 0 fully saturated rings. The van der Waals surface area contributed by atoms with Gasteiger partial charge >= 0.3 is 0 Å². The van der Waals surface area contributed by atoms with Crippen molar-refractivity contribution in [1.82, 2.24) is 9.55 Å². The molecule has 0 atom stereocenters. The average molecular weight is 421 g/mol. The van der Waals surface area contributed by atoms with E-state index in [2.05, 4.69) is 20.9 Å². The molecule has 0 amide bonds. The molecule has 4 nitrogen and oxygen atoms in total. The summed E-state index contributed by atoms with van der Waals surface area (Å²) >= 11 is 5.39. The second kappa shape index (κ2) is 5.83. The first-order valence-corrected chi connectivity index (χ1v) is 7.01. The molecule has 0 saturated carbocycles. The van der Waals surface area contributed by atoms with Crippen molar-refractivity contribution in [3.05, 3.63) is 54.7 Å². The summed E-state index contributed by atoms with van der Waals surface area (Å²) in [5.41, 5.74) is 0.880. The number of hydrogen-bond donors (Lipinski definition) is 0. The van der Waals surface area contributed by atoms with Crippen molar-refractivity contribution in [1.29, 1.82) is 0 Å². The Labute approximate surface area is 126 Å². The molecule has 1 aromatic heterocycles. The zero-order valence-corrected chi connectivity index (χ0v) is 13.3. The third-order valence-corrected chi connectivity index (χ3v) is 3.68. The molecular weight excluding hydrogens is 411 g/mol. The van der Waals surface area contributed by atoms with Gasteiger partial charge < -0.3 is 4.74 Å². The number of nitrogens with zero attached hydrogens (tertiary/aromatic N) is 2. The van der Waals surface area contributed by atoms with Crippen LogP contribution in [0.5, 0.6) is 5.75 Å². The van der Waals surface area contributed by atoms with Crippen molar-refractivity contribution in [2.24, 2.45) is 0 Å². The van der Waals surface area contributed by atoms with E-state index in [4.69, 9.17) is 4.74 Å². The molecule has 2 aromatic rings. The molecule has 6 heteroatoms. The van der Waals surface area contributed by atoms with Crippen LogP contribution in [0.15, 0.2) is 40.0 Å². The molecule has 2 rings (SSSR count). The van der Waals surface area contributed by atoms with E-state index in [1.165, 1.54) is 6.33 Å². The van der Waals surface area contributed by atoms with Gasteiger partial charge in [0.2, 0.25) is 0 Å². The minimum absolute atomic E-state index is 0.0485. The van der Waals surface area contributed by atoms with Gasteiger partial charge in [-0.3, -0.25) is 9.36 Å². The van der Waals surface area contributed by atoms with Crippen LogP contribution < -0.4 is 10.3 Å². The van der Waals surface area contributed by atoms with Crippen LogP contribution in [0.2, 0.25) is 0 Å². The minimum atomic E-state index is -0.0485. The van der Waals surface area contributed by atoms with E-state index < -0.39 is 0 Å². The molecule has 1 heterocycles. The average Bonchev–Trinajstić information content (AvgIpc) is 2.35. The van der Waals surface area contributed by atoms with E-state index in [1.54, 1.807) is 17.9 Å². The zero-order chi connectivity index (χ0) is 13.1. The highest BCUT2D eigenvalue weighted by molar-refractivity contribution is 14.1. The van der Waals surface area contributed by atoms with Crippen molar-refractivity contribution in [2.75, 3.05) is 7.11 Å². The van der Waals surface area contributed by atoms with Crippen LogP contribution in [0.4, 0.5) is 0 Å². The molecule has 94 valence electrons. The molecule has 0 radical (unpaired) electrons. The summed E-state index contributed by atoms with van der Waals surface area (Å²) in [5.74, 6) is 0.754. The van der Waals surface area contributed by atoms with Crippen LogP contribution in [0.1, 0.15) is 5.56 Å². The Kier molecular flexibility index (Phi) is 4.39. The maximum Gasteiger partial charge on any atom is 0.267 e. The third kappa shape index (κ3) is 2.92. The van der Waals surface area contributed by atoms with Gasteiger partial charge in [0.25, 0.3) is 5.56 Å². The first-order chi connectivity index (χ1) is 8.61. The van der Waals surface area contributed by atoms with Crippen molar-refractivity contribution in [3.8, 4) is 5.75 Å². The lowest BCUT2D eigenvalue weighted by molar-refractivity contribution is 0.408. The zero-order valence-electron chi connectivity index (χ0n) is 9.56. The molecule has 1 aromatic carbocycles. The fourth-order valence-corrected chi connectivity index (χ4v) is 2.47. The monoisotopic (exact) mass is 420 g/mol. The maximum absolute atomic E-state index is 11.9. The number of rotatable bonds is 3. The Morgan fingerprint density at radius 3 is 3.00 bits per heavy atom. The lowest BCUT2D eigenvalue weighted by Crippen LogP contribution is -2.23. The van der Waals surface area contributed by atoms with Crippen LogP contribution in [0.25, 0.3) is 0 Å². The second-order valence-corrected chi connectivity index (χ2v) is 5.71. The van der Waals surface area contributed by atoms with Crippen molar-refractivity contribution in [2.45, 2.75) is 6.54 Å². The molecule has 0 bridgehead atoms. The fourth-order valence-electron chi connectivity index (χ4n) is 1.59. The molecule has 0 aliphatic rings. The van der Waals surface area contributed by atoms with Crippen LogP contribution >= 0.6 is 38.5 Å². The molecule has 0 aliphatic carbocycles. The lowest BCUT2D eigenvalue weighted by Gasteiger charge is -2.10. The molecule has 0 saturated heterocycles. The van der Waals surface area contributed by atoms with E-state index >= 15 is 0 Å². The van der Waals surface area contributed by atoms with Gasteiger partial charge in [0.1, 0.15) is 5.75 Å². The summed E-state index contributed by atoms with van der Waals surface area (Å²) in [6.07, 6.45) is 3.09. The van der Waals surface area contributed by atoms with Gasteiger partial charge in [0.15, 0.2) is 0 Å². The molecule has 0 unspecified atom stereocenters. The standard InChI is InChI=1S/C12H10BrIN2O2/c1-18-11-3-2-9(13)4-8(11)6-16-7-15-5-10(14)12(16)17/h2-5,7H,6H2,1H3. The Hall–Kier alpha value is -0.890. The second-order valence-electron chi connectivity index (χ2n) is 3.63. The molecule has 0 spiro atoms. The largest absolute Gasteiger partial charge is 0.496 e. The summed E-state index contributed by atoms with van der Waals surface area (Å²) < 4.78 is 8.40. The first-order valence-electron chi connectivity index (χ1n) is 5.14. The SMILES string of the molecule is COc1ccc(Br)cc1Cn1cncc(I)c1=O. The molecule has 18 heavy (non-hydrogen) atoms. The fraction of sp³-hybridized carbons (Fsp3) is 0.167. The normalized spacial score (nSPS) is 10.4. The van der Waals surface area contributed by atoms with Crippen LogP contribution in [0, 0.1) is 3.57 Å². The minimum Gasteiger partial charge on any atom is -0.496 e. The lowest BCUT2D eigenvalue weighted by atomic mass is 10.2. The highest BCUT2D eigenvalue weighted by Gasteiger charge is 2.07. The van der Waals surface area contributed by atoms with E-state index in [1.807, 2.05) is 40.8 Å². The number of halogens is 2. The number of ether oxygens (including phenoxy) is 1. The Balaban J connectivity index is 2.42. The highest BCUT2D eigenvalue weighted by atomic mass is 127. The Morgan fingerprint density at radius 2 is 2.28 bits per heavy atom. The number of hydrogen-bond acceptors (Lipinski definition) is 3. The third-order valence-electron chi connectivity index (χ3n) is 2.44. The number of aromatic nitrogens is 2. The molecule has 0 N–H and O–H groups in total. The van der Waals surface area contributed by atoms with Gasteiger partial charge in [0.05, 0.1) is 23.6 Å². The first kappa shape index (κ1) is 13.5.